The maximum Gasteiger partial charge on any atom is 0.147 e. The van der Waals surface area contributed by atoms with E-state index in [-0.39, 0.29) is 12.4 Å². The van der Waals surface area contributed by atoms with Gasteiger partial charge in [0.1, 0.15) is 17.5 Å². The lowest BCUT2D eigenvalue weighted by molar-refractivity contribution is 0.602. The predicted molar refractivity (Wildman–Crippen MR) is 96.7 cm³/mol. The number of benzene rings is 2. The molecule has 1 heterocycles. The number of aromatic nitrogens is 1. The van der Waals surface area contributed by atoms with Gasteiger partial charge in [-0.2, -0.15) is 0 Å². The highest BCUT2D eigenvalue weighted by atomic mass is 35.5. The molecule has 2 aromatic carbocycles. The molecule has 24 heavy (non-hydrogen) atoms. The fourth-order valence-electron chi connectivity index (χ4n) is 1.94. The molecule has 124 valence electrons. The summed E-state index contributed by atoms with van der Waals surface area (Å²) in [5, 5.41) is 5.13. The number of hydrogen-bond donors (Lipinski definition) is 2. The van der Waals surface area contributed by atoms with Crippen LogP contribution in [0, 0.1) is 11.6 Å². The average molecular weight is 384 g/mol. The van der Waals surface area contributed by atoms with Crippen molar-refractivity contribution in [2.45, 2.75) is 11.4 Å². The summed E-state index contributed by atoms with van der Waals surface area (Å²) < 4.78 is 30.8. The summed E-state index contributed by atoms with van der Waals surface area (Å²) in [5.74, 6) is -0.0910. The summed E-state index contributed by atoms with van der Waals surface area (Å²) >= 11 is 8.72. The fraction of sp³-hybridized carbons (Fsp3) is 0.0625. The van der Waals surface area contributed by atoms with Crippen molar-refractivity contribution in [1.82, 2.24) is 4.98 Å². The first-order chi connectivity index (χ1) is 11.6. The summed E-state index contributed by atoms with van der Waals surface area (Å²) in [6.07, 6.45) is 0. The molecule has 0 aliphatic heterocycles. The number of nitrogens with zero attached hydrogens (tertiary/aromatic N) is 1. The van der Waals surface area contributed by atoms with Crippen molar-refractivity contribution >= 4 is 46.4 Å². The van der Waals surface area contributed by atoms with E-state index in [1.54, 1.807) is 23.7 Å². The van der Waals surface area contributed by atoms with E-state index >= 15 is 0 Å². The van der Waals surface area contributed by atoms with Gasteiger partial charge in [0, 0.05) is 17.5 Å². The van der Waals surface area contributed by atoms with Gasteiger partial charge < -0.3 is 10.0 Å². The van der Waals surface area contributed by atoms with Crippen molar-refractivity contribution in [1.29, 1.82) is 0 Å². The summed E-state index contributed by atoms with van der Waals surface area (Å²) in [6, 6.07) is 9.22. The third kappa shape index (κ3) is 4.17. The second kappa shape index (κ2) is 7.83. The Morgan fingerprint density at radius 3 is 2.75 bits per heavy atom. The van der Waals surface area contributed by atoms with E-state index in [0.29, 0.717) is 27.0 Å². The Labute approximate surface area is 151 Å². The van der Waals surface area contributed by atoms with E-state index < -0.39 is 5.82 Å². The van der Waals surface area contributed by atoms with E-state index in [2.05, 4.69) is 15.0 Å². The molecule has 0 saturated carbocycles. The minimum atomic E-state index is -0.428. The van der Waals surface area contributed by atoms with Gasteiger partial charge in [-0.25, -0.2) is 13.8 Å². The van der Waals surface area contributed by atoms with Gasteiger partial charge in [-0.1, -0.05) is 29.8 Å². The van der Waals surface area contributed by atoms with Gasteiger partial charge in [-0.15, -0.1) is 11.3 Å². The fourth-order valence-corrected chi connectivity index (χ4v) is 3.46. The summed E-state index contributed by atoms with van der Waals surface area (Å²) in [5.41, 5.74) is 2.58. The van der Waals surface area contributed by atoms with Crippen molar-refractivity contribution in [2.24, 2.45) is 0 Å². The first kappa shape index (κ1) is 17.0. The summed E-state index contributed by atoms with van der Waals surface area (Å²) in [4.78, 5) is 4.41. The Hall–Kier alpha value is -1.83. The van der Waals surface area contributed by atoms with Gasteiger partial charge in [0.15, 0.2) is 0 Å². The van der Waals surface area contributed by atoms with E-state index in [9.17, 15) is 8.78 Å². The number of nitrogens with one attached hydrogen (secondary N) is 2. The summed E-state index contributed by atoms with van der Waals surface area (Å²) in [6.45, 7) is 0.218. The van der Waals surface area contributed by atoms with Gasteiger partial charge in [0.05, 0.1) is 21.1 Å². The number of halogens is 3. The van der Waals surface area contributed by atoms with E-state index in [4.69, 9.17) is 11.6 Å². The molecule has 8 heteroatoms. The van der Waals surface area contributed by atoms with Crippen LogP contribution >= 0.6 is 34.9 Å². The van der Waals surface area contributed by atoms with Gasteiger partial charge >= 0.3 is 0 Å². The third-order valence-electron chi connectivity index (χ3n) is 3.15. The number of thiazole rings is 1. The van der Waals surface area contributed by atoms with Crippen molar-refractivity contribution < 1.29 is 8.78 Å². The van der Waals surface area contributed by atoms with Gasteiger partial charge in [-0.3, -0.25) is 0 Å². The Bertz CT molecular complexity index is 828. The molecule has 0 aliphatic rings. The monoisotopic (exact) mass is 383 g/mol. The highest BCUT2D eigenvalue weighted by Gasteiger charge is 2.11. The van der Waals surface area contributed by atoms with Crippen LogP contribution < -0.4 is 10.0 Å². The quantitative estimate of drug-likeness (QED) is 0.527. The second-order valence-electron chi connectivity index (χ2n) is 4.79. The second-order valence-corrected chi connectivity index (χ2v) is 6.76. The summed E-state index contributed by atoms with van der Waals surface area (Å²) in [7, 11) is 0. The molecular weight excluding hydrogens is 372 g/mol. The van der Waals surface area contributed by atoms with Gasteiger partial charge in [0.25, 0.3) is 0 Å². The molecule has 3 nitrogen and oxygen atoms in total. The zero-order valence-electron chi connectivity index (χ0n) is 12.2. The molecule has 0 atom stereocenters. The largest absolute Gasteiger partial charge is 0.380 e. The molecule has 0 spiro atoms. The Kier molecular flexibility index (Phi) is 5.55. The lowest BCUT2D eigenvalue weighted by Gasteiger charge is -2.11. The van der Waals surface area contributed by atoms with Crippen LogP contribution in [0.4, 0.5) is 20.3 Å². The topological polar surface area (TPSA) is 37.0 Å². The van der Waals surface area contributed by atoms with Crippen molar-refractivity contribution in [3.63, 3.8) is 0 Å². The van der Waals surface area contributed by atoms with E-state index in [1.807, 2.05) is 5.38 Å². The number of anilines is 2. The molecule has 3 rings (SSSR count). The van der Waals surface area contributed by atoms with Crippen LogP contribution in [0.2, 0.25) is 5.02 Å². The molecule has 2 N–H and O–H groups in total. The first-order valence-electron chi connectivity index (χ1n) is 6.91. The van der Waals surface area contributed by atoms with Crippen LogP contribution in [0.25, 0.3) is 0 Å². The maximum absolute atomic E-state index is 14.2. The molecule has 3 aromatic rings. The van der Waals surface area contributed by atoms with Crippen LogP contribution in [0.3, 0.4) is 0 Å². The number of hydrogen-bond acceptors (Lipinski definition) is 5. The van der Waals surface area contributed by atoms with E-state index in [0.717, 1.165) is 11.9 Å². The molecule has 0 unspecified atom stereocenters. The SMILES string of the molecule is Fc1ccccc1CNc1cc(F)c(SNc2cscn2)cc1Cl. The highest BCUT2D eigenvalue weighted by Crippen LogP contribution is 2.32. The van der Waals surface area contributed by atoms with Crippen molar-refractivity contribution in [3.05, 3.63) is 69.5 Å². The smallest absolute Gasteiger partial charge is 0.147 e. The molecule has 0 amide bonds. The lowest BCUT2D eigenvalue weighted by Crippen LogP contribution is -2.03. The maximum atomic E-state index is 14.2. The van der Waals surface area contributed by atoms with Crippen LogP contribution in [-0.2, 0) is 6.54 Å². The van der Waals surface area contributed by atoms with E-state index in [1.165, 1.54) is 29.5 Å². The van der Waals surface area contributed by atoms with Gasteiger partial charge in [0.2, 0.25) is 0 Å². The standard InChI is InChI=1S/C16H12ClF2N3S2/c17-11-5-15(24-22-16-8-23-9-21-16)13(19)6-14(11)20-7-10-3-1-2-4-12(10)18/h1-6,8-9,20,22H,7H2. The average Bonchev–Trinajstić information content (AvgIpc) is 3.09. The molecule has 0 bridgehead atoms. The van der Waals surface area contributed by atoms with Gasteiger partial charge in [-0.05, 0) is 30.1 Å². The zero-order chi connectivity index (χ0) is 16.9. The van der Waals surface area contributed by atoms with Crippen LogP contribution in [0.5, 0.6) is 0 Å². The first-order valence-corrected chi connectivity index (χ1v) is 9.04. The molecule has 1 aromatic heterocycles. The van der Waals surface area contributed by atoms with Crippen molar-refractivity contribution in [3.8, 4) is 0 Å². The van der Waals surface area contributed by atoms with Crippen molar-refractivity contribution in [2.75, 3.05) is 10.0 Å². The Balaban J connectivity index is 1.69. The Morgan fingerprint density at radius 2 is 2.00 bits per heavy atom. The minimum Gasteiger partial charge on any atom is -0.380 e. The molecule has 0 aliphatic carbocycles. The third-order valence-corrected chi connectivity index (χ3v) is 4.89. The van der Waals surface area contributed by atoms with Crippen LogP contribution in [0.1, 0.15) is 5.56 Å². The lowest BCUT2D eigenvalue weighted by atomic mass is 10.2. The highest BCUT2D eigenvalue weighted by molar-refractivity contribution is 8.00. The van der Waals surface area contributed by atoms with Crippen LogP contribution in [0.15, 0.2) is 52.2 Å². The zero-order valence-corrected chi connectivity index (χ0v) is 14.6. The van der Waals surface area contributed by atoms with Crippen LogP contribution in [-0.4, -0.2) is 4.98 Å². The molecular formula is C16H12ClF2N3S2. The Morgan fingerprint density at radius 1 is 1.17 bits per heavy atom. The predicted octanol–water partition coefficient (Wildman–Crippen LogP) is 5.81. The molecule has 0 fully saturated rings. The minimum absolute atomic E-state index is 0.218. The molecule has 0 radical (unpaired) electrons. The molecule has 0 saturated heterocycles. The number of rotatable bonds is 6. The normalized spacial score (nSPS) is 10.6.